The van der Waals surface area contributed by atoms with E-state index in [1.807, 2.05) is 0 Å². The number of aromatic nitrogens is 2. The van der Waals surface area contributed by atoms with Crippen LogP contribution in [0.2, 0.25) is 0 Å². The van der Waals surface area contributed by atoms with Gasteiger partial charge in [-0.2, -0.15) is 0 Å². The third kappa shape index (κ3) is 4.00. The zero-order chi connectivity index (χ0) is 30.9. The summed E-state index contributed by atoms with van der Waals surface area (Å²) in [5, 5.41) is 9.37. The first-order valence-electron chi connectivity index (χ1n) is 15.9. The Morgan fingerprint density at radius 1 is 0.383 bits per heavy atom. The van der Waals surface area contributed by atoms with Gasteiger partial charge in [0.25, 0.3) is 0 Å². The Labute approximate surface area is 270 Å². The third-order valence-corrected chi connectivity index (χ3v) is 9.54. The fourth-order valence-corrected chi connectivity index (χ4v) is 7.35. The number of para-hydroxylation sites is 1. The molecule has 10 aromatic rings. The molecule has 0 amide bonds. The zero-order valence-corrected chi connectivity index (χ0v) is 25.3. The van der Waals surface area contributed by atoms with Gasteiger partial charge in [0.2, 0.25) is 0 Å². The first-order valence-corrected chi connectivity index (χ1v) is 15.9. The van der Waals surface area contributed by atoms with Crippen LogP contribution in [0.1, 0.15) is 0 Å². The second-order valence-electron chi connectivity index (χ2n) is 12.2. The molecule has 0 atom stereocenters. The Morgan fingerprint density at radius 2 is 0.979 bits per heavy atom. The van der Waals surface area contributed by atoms with Crippen LogP contribution in [0.5, 0.6) is 0 Å². The lowest BCUT2D eigenvalue weighted by Gasteiger charge is -2.12. The van der Waals surface area contributed by atoms with Gasteiger partial charge in [-0.3, -0.25) is 9.97 Å². The van der Waals surface area contributed by atoms with Crippen LogP contribution in [-0.4, -0.2) is 9.97 Å². The number of hydrogen-bond acceptors (Lipinski definition) is 3. The van der Waals surface area contributed by atoms with Crippen LogP contribution < -0.4 is 0 Å². The summed E-state index contributed by atoms with van der Waals surface area (Å²) in [6.45, 7) is 0. The second kappa shape index (κ2) is 10.1. The summed E-state index contributed by atoms with van der Waals surface area (Å²) in [6, 6.07) is 52.0. The quantitative estimate of drug-likeness (QED) is 0.190. The van der Waals surface area contributed by atoms with E-state index in [2.05, 4.69) is 151 Å². The zero-order valence-electron chi connectivity index (χ0n) is 25.3. The van der Waals surface area contributed by atoms with Crippen molar-refractivity contribution < 1.29 is 4.42 Å². The van der Waals surface area contributed by atoms with E-state index in [0.29, 0.717) is 0 Å². The number of hydrogen-bond donors (Lipinski definition) is 0. The third-order valence-electron chi connectivity index (χ3n) is 9.54. The van der Waals surface area contributed by atoms with Crippen LogP contribution in [0.25, 0.3) is 98.7 Å². The lowest BCUT2D eigenvalue weighted by molar-refractivity contribution is 0.670. The van der Waals surface area contributed by atoms with E-state index >= 15 is 0 Å². The van der Waals surface area contributed by atoms with Gasteiger partial charge in [-0.25, -0.2) is 0 Å². The minimum Gasteiger partial charge on any atom is -0.455 e. The first-order chi connectivity index (χ1) is 23.3. The molecule has 0 spiro atoms. The Hall–Kier alpha value is -6.32. The molecular formula is C44H26N2O. The number of benzene rings is 8. The average molecular weight is 599 g/mol. The highest BCUT2D eigenvalue weighted by Crippen LogP contribution is 2.40. The van der Waals surface area contributed by atoms with Gasteiger partial charge in [0.15, 0.2) is 0 Å². The average Bonchev–Trinajstić information content (AvgIpc) is 3.54. The van der Waals surface area contributed by atoms with Crippen molar-refractivity contribution in [3.8, 4) is 33.4 Å². The van der Waals surface area contributed by atoms with Crippen LogP contribution in [0.4, 0.5) is 0 Å². The van der Waals surface area contributed by atoms with Gasteiger partial charge in [-0.15, -0.1) is 0 Å². The van der Waals surface area contributed by atoms with Gasteiger partial charge in [0.1, 0.15) is 11.2 Å². The van der Waals surface area contributed by atoms with E-state index in [-0.39, 0.29) is 0 Å². The van der Waals surface area contributed by atoms with E-state index in [4.69, 9.17) is 9.40 Å². The van der Waals surface area contributed by atoms with Crippen molar-refractivity contribution in [2.45, 2.75) is 0 Å². The van der Waals surface area contributed by atoms with Gasteiger partial charge in [-0.05, 0) is 73.6 Å². The van der Waals surface area contributed by atoms with E-state index in [1.54, 1.807) is 12.4 Å². The lowest BCUT2D eigenvalue weighted by Crippen LogP contribution is -1.89. The summed E-state index contributed by atoms with van der Waals surface area (Å²) in [5.74, 6) is 0. The van der Waals surface area contributed by atoms with Crippen LogP contribution in [0.3, 0.4) is 0 Å². The van der Waals surface area contributed by atoms with E-state index in [1.165, 1.54) is 43.6 Å². The van der Waals surface area contributed by atoms with Crippen molar-refractivity contribution in [2.24, 2.45) is 0 Å². The van der Waals surface area contributed by atoms with Crippen LogP contribution in [-0.2, 0) is 0 Å². The summed E-state index contributed by atoms with van der Waals surface area (Å²) in [6.07, 6.45) is 3.55. The van der Waals surface area contributed by atoms with Gasteiger partial charge < -0.3 is 4.42 Å². The normalized spacial score (nSPS) is 11.8. The number of rotatable bonds is 3. The largest absolute Gasteiger partial charge is 0.455 e. The molecule has 2 aromatic heterocycles. The predicted molar refractivity (Wildman–Crippen MR) is 196 cm³/mol. The molecule has 0 saturated heterocycles. The summed E-state index contributed by atoms with van der Waals surface area (Å²) < 4.78 is 6.55. The second-order valence-corrected chi connectivity index (χ2v) is 12.2. The molecule has 0 saturated carbocycles. The molecule has 10 rings (SSSR count). The van der Waals surface area contributed by atoms with Crippen LogP contribution in [0, 0.1) is 0 Å². The van der Waals surface area contributed by atoms with Crippen molar-refractivity contribution >= 4 is 65.3 Å². The molecule has 3 heteroatoms. The number of furan rings is 1. The Morgan fingerprint density at radius 3 is 1.77 bits per heavy atom. The highest BCUT2D eigenvalue weighted by molar-refractivity contribution is 6.23. The molecule has 47 heavy (non-hydrogen) atoms. The Kier molecular flexibility index (Phi) is 5.57. The Balaban J connectivity index is 1.09. The van der Waals surface area contributed by atoms with Crippen LogP contribution in [0.15, 0.2) is 162 Å². The monoisotopic (exact) mass is 598 g/mol. The van der Waals surface area contributed by atoms with Crippen molar-refractivity contribution in [3.63, 3.8) is 0 Å². The molecule has 2 heterocycles. The SMILES string of the molecule is c1cc(-c2cccc(-c3cccc4c3oc3ccc5ccccc5c34)c2)cc(-c2ccc3c(c2)c2ccccc2c2nccnc32)c1. The van der Waals surface area contributed by atoms with Gasteiger partial charge in [0, 0.05) is 39.5 Å². The molecule has 0 N–H and O–H groups in total. The highest BCUT2D eigenvalue weighted by Gasteiger charge is 2.16. The highest BCUT2D eigenvalue weighted by atomic mass is 16.3. The molecule has 3 nitrogen and oxygen atoms in total. The fourth-order valence-electron chi connectivity index (χ4n) is 7.35. The molecule has 8 aromatic carbocycles. The van der Waals surface area contributed by atoms with Gasteiger partial charge in [0.05, 0.1) is 11.0 Å². The van der Waals surface area contributed by atoms with Gasteiger partial charge in [-0.1, -0.05) is 121 Å². The van der Waals surface area contributed by atoms with Gasteiger partial charge >= 0.3 is 0 Å². The summed E-state index contributed by atoms with van der Waals surface area (Å²) in [7, 11) is 0. The van der Waals surface area contributed by atoms with Crippen molar-refractivity contribution in [2.75, 3.05) is 0 Å². The minimum absolute atomic E-state index is 0.915. The molecule has 0 aliphatic rings. The van der Waals surface area contributed by atoms with E-state index in [0.717, 1.165) is 55.0 Å². The molecule has 0 bridgehead atoms. The molecule has 0 radical (unpaired) electrons. The molecular weight excluding hydrogens is 572 g/mol. The summed E-state index contributed by atoms with van der Waals surface area (Å²) >= 11 is 0. The van der Waals surface area contributed by atoms with Crippen molar-refractivity contribution in [3.05, 3.63) is 158 Å². The fraction of sp³-hybridized carbons (Fsp3) is 0. The first kappa shape index (κ1) is 26.0. The minimum atomic E-state index is 0.915. The Bertz CT molecular complexity index is 2830. The van der Waals surface area contributed by atoms with E-state index in [9.17, 15) is 0 Å². The molecule has 0 aliphatic carbocycles. The predicted octanol–water partition coefficient (Wildman–Crippen LogP) is 12.0. The maximum absolute atomic E-state index is 6.55. The van der Waals surface area contributed by atoms with Crippen molar-refractivity contribution in [1.29, 1.82) is 0 Å². The summed E-state index contributed by atoms with van der Waals surface area (Å²) in [4.78, 5) is 9.41. The smallest absolute Gasteiger partial charge is 0.143 e. The maximum atomic E-state index is 6.55. The standard InChI is InChI=1S/C44H26N2O/c1-2-13-33-27(8-1)19-21-40-41(33)38-17-7-16-34(44(38)47-40)32-12-6-11-30(25-32)28-9-5-10-29(24-28)31-18-20-37-39(26-31)35-14-3-4-15-36(35)42-43(37)46-23-22-45-42/h1-26H. The molecule has 218 valence electrons. The van der Waals surface area contributed by atoms with Crippen LogP contribution >= 0.6 is 0 Å². The number of nitrogens with zero attached hydrogens (tertiary/aromatic N) is 2. The number of fused-ring (bicyclic) bond motifs is 11. The lowest BCUT2D eigenvalue weighted by atomic mass is 9.93. The summed E-state index contributed by atoms with van der Waals surface area (Å²) in [5.41, 5.74) is 10.6. The molecule has 0 unspecified atom stereocenters. The van der Waals surface area contributed by atoms with E-state index < -0.39 is 0 Å². The topological polar surface area (TPSA) is 38.9 Å². The molecule has 0 fully saturated rings. The molecule has 0 aliphatic heterocycles. The maximum Gasteiger partial charge on any atom is 0.143 e. The van der Waals surface area contributed by atoms with Crippen molar-refractivity contribution in [1.82, 2.24) is 9.97 Å².